The normalized spacial score (nSPS) is 12.2. The summed E-state index contributed by atoms with van der Waals surface area (Å²) in [6.45, 7) is 5.94. The Balaban J connectivity index is 1.72. The van der Waals surface area contributed by atoms with E-state index in [1.165, 1.54) is 0 Å². The smallest absolute Gasteiger partial charge is 0.357 e. The zero-order valence-electron chi connectivity index (χ0n) is 17.1. The van der Waals surface area contributed by atoms with Crippen LogP contribution in [-0.2, 0) is 11.3 Å². The molecule has 1 heterocycles. The van der Waals surface area contributed by atoms with Gasteiger partial charge in [0.1, 0.15) is 11.5 Å². The van der Waals surface area contributed by atoms with Crippen molar-refractivity contribution in [2.75, 3.05) is 13.1 Å². The predicted molar refractivity (Wildman–Crippen MR) is 112 cm³/mol. The second kappa shape index (κ2) is 10.3. The maximum Gasteiger partial charge on any atom is 0.357 e. The van der Waals surface area contributed by atoms with E-state index >= 15 is 0 Å². The van der Waals surface area contributed by atoms with Gasteiger partial charge in [-0.2, -0.15) is 0 Å². The first-order valence-electron chi connectivity index (χ1n) is 10.6. The number of hydrogen-bond acceptors (Lipinski definition) is 4. The van der Waals surface area contributed by atoms with Gasteiger partial charge in [0.25, 0.3) is 0 Å². The average molecular weight is 382 g/mol. The quantitative estimate of drug-likeness (QED) is 0.312. The van der Waals surface area contributed by atoms with Crippen molar-refractivity contribution in [3.63, 3.8) is 0 Å². The molecule has 0 aromatic heterocycles. The monoisotopic (exact) mass is 381 g/mol. The van der Waals surface area contributed by atoms with E-state index in [1.807, 2.05) is 47.5 Å². The molecule has 2 aromatic carbocycles. The summed E-state index contributed by atoms with van der Waals surface area (Å²) in [5.41, 5.74) is 2.61. The number of nitrogens with zero attached hydrogens (tertiary/aromatic N) is 1. The lowest BCUT2D eigenvalue weighted by Crippen LogP contribution is -2.30. The van der Waals surface area contributed by atoms with Crippen molar-refractivity contribution in [1.82, 2.24) is 5.06 Å². The topological polar surface area (TPSA) is 38.8 Å². The highest BCUT2D eigenvalue weighted by Gasteiger charge is 2.24. The van der Waals surface area contributed by atoms with Crippen molar-refractivity contribution in [3.05, 3.63) is 59.2 Å². The van der Waals surface area contributed by atoms with Gasteiger partial charge in [-0.15, -0.1) is 5.06 Å². The molecule has 0 N–H and O–H groups in total. The van der Waals surface area contributed by atoms with Crippen LogP contribution in [0.2, 0.25) is 0 Å². The highest BCUT2D eigenvalue weighted by Crippen LogP contribution is 2.38. The first-order chi connectivity index (χ1) is 13.7. The minimum Gasteiger partial charge on any atom is -0.457 e. The van der Waals surface area contributed by atoms with Crippen LogP contribution in [0.15, 0.2) is 42.5 Å². The highest BCUT2D eigenvalue weighted by atomic mass is 16.7. The molecule has 3 rings (SSSR count). The van der Waals surface area contributed by atoms with Gasteiger partial charge in [-0.25, -0.2) is 4.79 Å². The van der Waals surface area contributed by atoms with Gasteiger partial charge in [0.05, 0.1) is 5.56 Å². The van der Waals surface area contributed by atoms with E-state index < -0.39 is 0 Å². The fraction of sp³-hybridized carbons (Fsp3) is 0.458. The van der Waals surface area contributed by atoms with Crippen LogP contribution in [0.3, 0.4) is 0 Å². The molecule has 4 nitrogen and oxygen atoms in total. The minimum atomic E-state index is -0.284. The van der Waals surface area contributed by atoms with Crippen LogP contribution in [0.4, 0.5) is 0 Å². The van der Waals surface area contributed by atoms with Gasteiger partial charge < -0.3 is 9.57 Å². The number of carbonyl (C=O) groups is 1. The largest absolute Gasteiger partial charge is 0.457 e. The summed E-state index contributed by atoms with van der Waals surface area (Å²) in [5, 5.41) is 1.85. The number of rotatable bonds is 10. The molecule has 150 valence electrons. The van der Waals surface area contributed by atoms with Gasteiger partial charge in [0, 0.05) is 25.1 Å². The Kier molecular flexibility index (Phi) is 7.49. The van der Waals surface area contributed by atoms with Gasteiger partial charge in [-0.1, -0.05) is 63.8 Å². The third-order valence-electron chi connectivity index (χ3n) is 5.15. The fourth-order valence-corrected chi connectivity index (χ4v) is 3.54. The molecule has 1 aliphatic heterocycles. The van der Waals surface area contributed by atoms with Crippen molar-refractivity contribution in [1.29, 1.82) is 0 Å². The SMILES string of the molecule is CCCCCN(CCCCC)OC(=O)c1cccc2c1Cc1ccccc1O2. The number of carbonyl (C=O) groups excluding carboxylic acids is 1. The standard InChI is InChI=1S/C24H31NO3/c1-3-5-9-16-25(17-10-6-4-2)28-24(26)20-13-11-15-23-21(20)18-19-12-7-8-14-22(19)27-23/h7-8,11-15H,3-6,9-10,16-18H2,1-2H3. The molecule has 0 amide bonds. The lowest BCUT2D eigenvalue weighted by Gasteiger charge is -2.24. The van der Waals surface area contributed by atoms with E-state index in [0.29, 0.717) is 12.0 Å². The lowest BCUT2D eigenvalue weighted by atomic mass is 9.96. The lowest BCUT2D eigenvalue weighted by molar-refractivity contribution is -0.111. The molecular formula is C24H31NO3. The number of hydroxylamine groups is 2. The van der Waals surface area contributed by atoms with Gasteiger partial charge in [-0.3, -0.25) is 0 Å². The maximum atomic E-state index is 13.0. The van der Waals surface area contributed by atoms with E-state index in [1.54, 1.807) is 0 Å². The molecule has 0 spiro atoms. The van der Waals surface area contributed by atoms with Gasteiger partial charge in [0.15, 0.2) is 0 Å². The molecule has 0 unspecified atom stereocenters. The molecule has 0 atom stereocenters. The second-order valence-electron chi connectivity index (χ2n) is 7.39. The third kappa shape index (κ3) is 5.14. The third-order valence-corrected chi connectivity index (χ3v) is 5.15. The Labute approximate surface area is 168 Å². The van der Waals surface area contributed by atoms with Crippen LogP contribution in [0.25, 0.3) is 0 Å². The molecule has 4 heteroatoms. The number of para-hydroxylation sites is 1. The Morgan fingerprint density at radius 1 is 0.929 bits per heavy atom. The molecule has 0 radical (unpaired) electrons. The molecule has 0 aliphatic carbocycles. The first-order valence-corrected chi connectivity index (χ1v) is 10.6. The summed E-state index contributed by atoms with van der Waals surface area (Å²) in [6, 6.07) is 13.6. The van der Waals surface area contributed by atoms with Crippen molar-refractivity contribution < 1.29 is 14.4 Å². The Bertz CT molecular complexity index is 777. The number of unbranched alkanes of at least 4 members (excludes halogenated alkanes) is 4. The maximum absolute atomic E-state index is 13.0. The Hall–Kier alpha value is -2.33. The fourth-order valence-electron chi connectivity index (χ4n) is 3.54. The molecule has 0 bridgehead atoms. The molecular weight excluding hydrogens is 350 g/mol. The Morgan fingerprint density at radius 2 is 1.61 bits per heavy atom. The first kappa shape index (κ1) is 20.4. The Morgan fingerprint density at radius 3 is 2.32 bits per heavy atom. The zero-order chi connectivity index (χ0) is 19.8. The van der Waals surface area contributed by atoms with Gasteiger partial charge in [0.2, 0.25) is 0 Å². The number of fused-ring (bicyclic) bond motifs is 2. The molecule has 0 fully saturated rings. The van der Waals surface area contributed by atoms with Crippen molar-refractivity contribution in [3.8, 4) is 11.5 Å². The summed E-state index contributed by atoms with van der Waals surface area (Å²) < 4.78 is 6.01. The van der Waals surface area contributed by atoms with Crippen LogP contribution in [0, 0.1) is 0 Å². The van der Waals surface area contributed by atoms with Crippen LogP contribution in [0.5, 0.6) is 11.5 Å². The van der Waals surface area contributed by atoms with Crippen molar-refractivity contribution >= 4 is 5.97 Å². The average Bonchev–Trinajstić information content (AvgIpc) is 2.72. The second-order valence-corrected chi connectivity index (χ2v) is 7.39. The summed E-state index contributed by atoms with van der Waals surface area (Å²) in [7, 11) is 0. The highest BCUT2D eigenvalue weighted by molar-refractivity contribution is 5.92. The van der Waals surface area contributed by atoms with E-state index in [2.05, 4.69) is 13.8 Å². The number of hydrogen-bond donors (Lipinski definition) is 0. The number of ether oxygens (including phenoxy) is 1. The summed E-state index contributed by atoms with van der Waals surface area (Å²) in [6.07, 6.45) is 7.36. The van der Waals surface area contributed by atoms with Crippen LogP contribution in [-0.4, -0.2) is 24.1 Å². The summed E-state index contributed by atoms with van der Waals surface area (Å²) in [5.74, 6) is 1.32. The summed E-state index contributed by atoms with van der Waals surface area (Å²) >= 11 is 0. The summed E-state index contributed by atoms with van der Waals surface area (Å²) in [4.78, 5) is 18.8. The molecule has 0 saturated heterocycles. The van der Waals surface area contributed by atoms with Crippen molar-refractivity contribution in [2.24, 2.45) is 0 Å². The van der Waals surface area contributed by atoms with Gasteiger partial charge >= 0.3 is 5.97 Å². The molecule has 1 aliphatic rings. The van der Waals surface area contributed by atoms with E-state index in [0.717, 1.165) is 74.2 Å². The van der Waals surface area contributed by atoms with Crippen LogP contribution < -0.4 is 4.74 Å². The van der Waals surface area contributed by atoms with Crippen molar-refractivity contribution in [2.45, 2.75) is 58.8 Å². The number of benzene rings is 2. The molecule has 2 aromatic rings. The van der Waals surface area contributed by atoms with E-state index in [-0.39, 0.29) is 5.97 Å². The molecule has 0 saturated carbocycles. The zero-order valence-corrected chi connectivity index (χ0v) is 17.1. The predicted octanol–water partition coefficient (Wildman–Crippen LogP) is 6.14. The van der Waals surface area contributed by atoms with E-state index in [4.69, 9.17) is 9.57 Å². The van der Waals surface area contributed by atoms with Crippen LogP contribution in [0.1, 0.15) is 73.9 Å². The molecule has 28 heavy (non-hydrogen) atoms. The van der Waals surface area contributed by atoms with E-state index in [9.17, 15) is 4.79 Å². The van der Waals surface area contributed by atoms with Crippen LogP contribution >= 0.6 is 0 Å². The van der Waals surface area contributed by atoms with Gasteiger partial charge in [-0.05, 0) is 36.6 Å². The minimum absolute atomic E-state index is 0.284.